The number of benzene rings is 1. The van der Waals surface area contributed by atoms with Gasteiger partial charge < -0.3 is 10.5 Å². The van der Waals surface area contributed by atoms with Crippen LogP contribution in [0, 0.1) is 13.8 Å². The highest BCUT2D eigenvalue weighted by Gasteiger charge is 2.03. The molecule has 0 aliphatic carbocycles. The molecule has 1 rings (SSSR count). The Kier molecular flexibility index (Phi) is 3.58. The van der Waals surface area contributed by atoms with Gasteiger partial charge in [-0.25, -0.2) is 0 Å². The largest absolute Gasteiger partial charge is 0.492 e. The molecule has 2 nitrogen and oxygen atoms in total. The maximum atomic E-state index is 5.95. The topological polar surface area (TPSA) is 35.2 Å². The summed E-state index contributed by atoms with van der Waals surface area (Å²) in [5, 5.41) is 0.734. The first-order chi connectivity index (χ1) is 6.15. The van der Waals surface area contributed by atoms with Crippen molar-refractivity contribution in [3.63, 3.8) is 0 Å². The second-order valence-corrected chi connectivity index (χ2v) is 3.41. The lowest BCUT2D eigenvalue weighted by Gasteiger charge is -2.09. The van der Waals surface area contributed by atoms with Crippen LogP contribution < -0.4 is 10.5 Å². The van der Waals surface area contributed by atoms with E-state index in [0.29, 0.717) is 13.2 Å². The highest BCUT2D eigenvalue weighted by atomic mass is 35.5. The first-order valence-electron chi connectivity index (χ1n) is 4.24. The van der Waals surface area contributed by atoms with Gasteiger partial charge in [-0.05, 0) is 31.0 Å². The molecule has 0 aliphatic rings. The quantitative estimate of drug-likeness (QED) is 0.811. The highest BCUT2D eigenvalue weighted by Crippen LogP contribution is 2.25. The number of aryl methyl sites for hydroxylation is 2. The lowest BCUT2D eigenvalue weighted by molar-refractivity contribution is 0.326. The average Bonchev–Trinajstić information content (AvgIpc) is 2.09. The molecule has 0 spiro atoms. The van der Waals surface area contributed by atoms with E-state index in [1.54, 1.807) is 0 Å². The zero-order valence-electron chi connectivity index (χ0n) is 7.93. The Morgan fingerprint density at radius 1 is 1.31 bits per heavy atom. The molecule has 0 radical (unpaired) electrons. The van der Waals surface area contributed by atoms with Crippen LogP contribution in [0.3, 0.4) is 0 Å². The van der Waals surface area contributed by atoms with Crippen molar-refractivity contribution < 1.29 is 4.74 Å². The van der Waals surface area contributed by atoms with Crippen LogP contribution >= 0.6 is 11.6 Å². The minimum Gasteiger partial charge on any atom is -0.492 e. The fourth-order valence-corrected chi connectivity index (χ4v) is 1.29. The summed E-state index contributed by atoms with van der Waals surface area (Å²) in [5.74, 6) is 0.820. The Balaban J connectivity index is 2.88. The van der Waals surface area contributed by atoms with Crippen LogP contribution in [0.15, 0.2) is 12.1 Å². The van der Waals surface area contributed by atoms with Gasteiger partial charge >= 0.3 is 0 Å². The van der Waals surface area contributed by atoms with Gasteiger partial charge in [-0.1, -0.05) is 17.7 Å². The number of hydrogen-bond acceptors (Lipinski definition) is 2. The summed E-state index contributed by atoms with van der Waals surface area (Å²) < 4.78 is 5.41. The number of ether oxygens (including phenoxy) is 1. The molecule has 0 fully saturated rings. The van der Waals surface area contributed by atoms with E-state index in [1.807, 2.05) is 26.0 Å². The lowest BCUT2D eigenvalue weighted by atomic mass is 10.1. The fraction of sp³-hybridized carbons (Fsp3) is 0.400. The molecule has 0 saturated heterocycles. The molecule has 72 valence electrons. The molecule has 0 atom stereocenters. The minimum atomic E-state index is 0.519. The van der Waals surface area contributed by atoms with Crippen molar-refractivity contribution in [1.82, 2.24) is 0 Å². The predicted octanol–water partition coefficient (Wildman–Crippen LogP) is 2.29. The van der Waals surface area contributed by atoms with Crippen molar-refractivity contribution in [2.24, 2.45) is 5.73 Å². The molecule has 13 heavy (non-hydrogen) atoms. The van der Waals surface area contributed by atoms with Crippen LogP contribution in [-0.4, -0.2) is 13.2 Å². The SMILES string of the molecule is Cc1cc(C)c(OCCN)cc1Cl. The Morgan fingerprint density at radius 2 is 2.00 bits per heavy atom. The second kappa shape index (κ2) is 4.49. The molecule has 1 aromatic rings. The third-order valence-electron chi connectivity index (χ3n) is 1.83. The minimum absolute atomic E-state index is 0.519. The van der Waals surface area contributed by atoms with E-state index in [-0.39, 0.29) is 0 Å². The van der Waals surface area contributed by atoms with Crippen LogP contribution in [-0.2, 0) is 0 Å². The van der Waals surface area contributed by atoms with Crippen molar-refractivity contribution >= 4 is 11.6 Å². The van der Waals surface area contributed by atoms with Gasteiger partial charge in [0.1, 0.15) is 12.4 Å². The normalized spacial score (nSPS) is 10.2. The van der Waals surface area contributed by atoms with Crippen LogP contribution in [0.4, 0.5) is 0 Å². The average molecular weight is 200 g/mol. The molecule has 0 unspecified atom stereocenters. The van der Waals surface area contributed by atoms with Crippen molar-refractivity contribution in [3.8, 4) is 5.75 Å². The van der Waals surface area contributed by atoms with Crippen molar-refractivity contribution in [1.29, 1.82) is 0 Å². The standard InChI is InChI=1S/C10H14ClNO/c1-7-5-8(2)10(6-9(7)11)13-4-3-12/h5-6H,3-4,12H2,1-2H3. The van der Waals surface area contributed by atoms with Gasteiger partial charge in [-0.2, -0.15) is 0 Å². The summed E-state index contributed by atoms with van der Waals surface area (Å²) >= 11 is 5.95. The molecule has 0 bridgehead atoms. The van der Waals surface area contributed by atoms with E-state index in [2.05, 4.69) is 0 Å². The lowest BCUT2D eigenvalue weighted by Crippen LogP contribution is -2.11. The van der Waals surface area contributed by atoms with E-state index in [9.17, 15) is 0 Å². The molecule has 2 N–H and O–H groups in total. The molecule has 0 amide bonds. The molecule has 0 aliphatic heterocycles. The zero-order valence-corrected chi connectivity index (χ0v) is 8.69. The van der Waals surface area contributed by atoms with Gasteiger partial charge in [0.2, 0.25) is 0 Å². The van der Waals surface area contributed by atoms with Crippen LogP contribution in [0.1, 0.15) is 11.1 Å². The summed E-state index contributed by atoms with van der Waals surface area (Å²) in [6.07, 6.45) is 0. The van der Waals surface area contributed by atoms with E-state index in [1.165, 1.54) is 0 Å². The second-order valence-electron chi connectivity index (χ2n) is 3.00. The Labute approximate surface area is 83.6 Å². The maximum absolute atomic E-state index is 5.95. The summed E-state index contributed by atoms with van der Waals surface area (Å²) in [5.41, 5.74) is 7.50. The van der Waals surface area contributed by atoms with Crippen LogP contribution in [0.2, 0.25) is 5.02 Å². The van der Waals surface area contributed by atoms with Gasteiger partial charge in [-0.3, -0.25) is 0 Å². The Morgan fingerprint density at radius 3 is 2.62 bits per heavy atom. The van der Waals surface area contributed by atoms with Crippen molar-refractivity contribution in [3.05, 3.63) is 28.3 Å². The van der Waals surface area contributed by atoms with E-state index < -0.39 is 0 Å². The molecular formula is C10H14ClNO. The first-order valence-corrected chi connectivity index (χ1v) is 4.62. The molecule has 3 heteroatoms. The summed E-state index contributed by atoms with van der Waals surface area (Å²) in [6, 6.07) is 3.84. The van der Waals surface area contributed by atoms with Crippen LogP contribution in [0.5, 0.6) is 5.75 Å². The summed E-state index contributed by atoms with van der Waals surface area (Å²) in [7, 11) is 0. The van der Waals surface area contributed by atoms with E-state index in [0.717, 1.165) is 21.9 Å². The number of rotatable bonds is 3. The van der Waals surface area contributed by atoms with Gasteiger partial charge in [0.25, 0.3) is 0 Å². The highest BCUT2D eigenvalue weighted by molar-refractivity contribution is 6.31. The Hall–Kier alpha value is -0.730. The van der Waals surface area contributed by atoms with E-state index >= 15 is 0 Å². The molecule has 0 aromatic heterocycles. The van der Waals surface area contributed by atoms with Crippen LogP contribution in [0.25, 0.3) is 0 Å². The fourth-order valence-electron chi connectivity index (χ4n) is 1.13. The number of nitrogens with two attached hydrogens (primary N) is 1. The monoisotopic (exact) mass is 199 g/mol. The third kappa shape index (κ3) is 2.61. The Bertz CT molecular complexity index is 299. The van der Waals surface area contributed by atoms with Crippen molar-refractivity contribution in [2.75, 3.05) is 13.2 Å². The van der Waals surface area contributed by atoms with Gasteiger partial charge in [0.15, 0.2) is 0 Å². The molecule has 1 aromatic carbocycles. The number of halogens is 1. The predicted molar refractivity (Wildman–Crippen MR) is 55.5 cm³/mol. The third-order valence-corrected chi connectivity index (χ3v) is 2.24. The molecule has 0 saturated carbocycles. The summed E-state index contributed by atoms with van der Waals surface area (Å²) in [4.78, 5) is 0. The van der Waals surface area contributed by atoms with Crippen molar-refractivity contribution in [2.45, 2.75) is 13.8 Å². The molecule has 0 heterocycles. The van der Waals surface area contributed by atoms with Gasteiger partial charge in [0, 0.05) is 11.6 Å². The number of hydrogen-bond donors (Lipinski definition) is 1. The van der Waals surface area contributed by atoms with Gasteiger partial charge in [0.05, 0.1) is 0 Å². The first kappa shape index (κ1) is 10.4. The maximum Gasteiger partial charge on any atom is 0.123 e. The zero-order chi connectivity index (χ0) is 9.84. The van der Waals surface area contributed by atoms with E-state index in [4.69, 9.17) is 22.1 Å². The smallest absolute Gasteiger partial charge is 0.123 e. The summed E-state index contributed by atoms with van der Waals surface area (Å²) in [6.45, 7) is 5.02. The molecular weight excluding hydrogens is 186 g/mol. The van der Waals surface area contributed by atoms with Gasteiger partial charge in [-0.15, -0.1) is 0 Å².